The number of carboxylic acids is 1. The van der Waals surface area contributed by atoms with Crippen LogP contribution < -0.4 is 4.74 Å². The number of ether oxygens (including phenoxy) is 1. The molecule has 0 bridgehead atoms. The minimum Gasteiger partial charge on any atom is -0.496 e. The fourth-order valence-corrected chi connectivity index (χ4v) is 4.98. The van der Waals surface area contributed by atoms with Crippen LogP contribution in [0.15, 0.2) is 27.6 Å². The van der Waals surface area contributed by atoms with Gasteiger partial charge in [-0.05, 0) is 53.9 Å². The monoisotopic (exact) mass is 391 g/mol. The molecule has 122 valence electrons. The van der Waals surface area contributed by atoms with Gasteiger partial charge in [-0.2, -0.15) is 4.31 Å². The van der Waals surface area contributed by atoms with Gasteiger partial charge in [0.15, 0.2) is 0 Å². The highest BCUT2D eigenvalue weighted by Crippen LogP contribution is 2.32. The van der Waals surface area contributed by atoms with Gasteiger partial charge >= 0.3 is 5.97 Å². The number of piperidine rings is 1. The Balaban J connectivity index is 2.36. The number of methoxy groups -OCH3 is 1. The van der Waals surface area contributed by atoms with Crippen LogP contribution in [0, 0.1) is 5.92 Å². The van der Waals surface area contributed by atoms with Crippen LogP contribution in [0.4, 0.5) is 0 Å². The molecule has 0 amide bonds. The average Bonchev–Trinajstić information content (AvgIpc) is 2.47. The van der Waals surface area contributed by atoms with Crippen molar-refractivity contribution in [1.82, 2.24) is 4.31 Å². The van der Waals surface area contributed by atoms with Crippen molar-refractivity contribution in [3.05, 3.63) is 22.7 Å². The number of benzene rings is 1. The normalized spacial score (nSPS) is 23.2. The SMILES string of the molecule is COc1ccc(S(=O)(=O)N2CC(C(=O)O)CCC2C)cc1Br. The fraction of sp³-hybridized carbons (Fsp3) is 0.500. The highest BCUT2D eigenvalue weighted by atomic mass is 79.9. The van der Waals surface area contributed by atoms with Crippen molar-refractivity contribution in [2.45, 2.75) is 30.7 Å². The van der Waals surface area contributed by atoms with Crippen LogP contribution in [0.1, 0.15) is 19.8 Å². The number of halogens is 1. The third-order valence-electron chi connectivity index (χ3n) is 3.90. The summed E-state index contributed by atoms with van der Waals surface area (Å²) in [5.74, 6) is -1.08. The highest BCUT2D eigenvalue weighted by Gasteiger charge is 2.37. The van der Waals surface area contributed by atoms with E-state index in [-0.39, 0.29) is 17.5 Å². The lowest BCUT2D eigenvalue weighted by atomic mass is 9.96. The number of nitrogens with zero attached hydrogens (tertiary/aromatic N) is 1. The molecule has 2 atom stereocenters. The summed E-state index contributed by atoms with van der Waals surface area (Å²) >= 11 is 3.27. The van der Waals surface area contributed by atoms with Crippen molar-refractivity contribution >= 4 is 31.9 Å². The van der Waals surface area contributed by atoms with E-state index < -0.39 is 21.9 Å². The summed E-state index contributed by atoms with van der Waals surface area (Å²) in [6.07, 6.45) is 1.03. The van der Waals surface area contributed by atoms with Crippen molar-refractivity contribution in [3.8, 4) is 5.75 Å². The van der Waals surface area contributed by atoms with Crippen LogP contribution in [0.3, 0.4) is 0 Å². The maximum atomic E-state index is 12.8. The number of carboxylic acid groups (broad SMARTS) is 1. The number of rotatable bonds is 4. The topological polar surface area (TPSA) is 83.9 Å². The molecule has 22 heavy (non-hydrogen) atoms. The molecule has 1 aromatic rings. The molecular formula is C14H18BrNO5S. The van der Waals surface area contributed by atoms with Gasteiger partial charge in [0.05, 0.1) is 22.4 Å². The smallest absolute Gasteiger partial charge is 0.307 e. The summed E-state index contributed by atoms with van der Waals surface area (Å²) in [5.41, 5.74) is 0. The Morgan fingerprint density at radius 2 is 2.09 bits per heavy atom. The van der Waals surface area contributed by atoms with Crippen molar-refractivity contribution in [1.29, 1.82) is 0 Å². The fourth-order valence-electron chi connectivity index (χ4n) is 2.55. The molecule has 1 aliphatic heterocycles. The molecule has 1 N–H and O–H groups in total. The zero-order valence-corrected chi connectivity index (χ0v) is 14.7. The summed E-state index contributed by atoms with van der Waals surface area (Å²) in [6.45, 7) is 1.80. The molecule has 1 aromatic carbocycles. The van der Waals surface area contributed by atoms with E-state index in [4.69, 9.17) is 9.84 Å². The lowest BCUT2D eigenvalue weighted by molar-refractivity contribution is -0.143. The maximum absolute atomic E-state index is 12.8. The minimum absolute atomic E-state index is 0.00246. The average molecular weight is 392 g/mol. The third kappa shape index (κ3) is 3.28. The van der Waals surface area contributed by atoms with E-state index in [0.717, 1.165) is 0 Å². The van der Waals surface area contributed by atoms with Gasteiger partial charge in [-0.25, -0.2) is 8.42 Å². The number of carbonyl (C=O) groups is 1. The van der Waals surface area contributed by atoms with Crippen LogP contribution in [-0.2, 0) is 14.8 Å². The molecule has 6 nitrogen and oxygen atoms in total. The molecule has 1 saturated heterocycles. The Morgan fingerprint density at radius 1 is 1.41 bits per heavy atom. The Kier molecular flexibility index (Phi) is 5.14. The van der Waals surface area contributed by atoms with E-state index in [1.54, 1.807) is 13.0 Å². The lowest BCUT2D eigenvalue weighted by Gasteiger charge is -2.35. The predicted octanol–water partition coefficient (Wildman–Crippen LogP) is 2.33. The highest BCUT2D eigenvalue weighted by molar-refractivity contribution is 9.10. The van der Waals surface area contributed by atoms with Gasteiger partial charge in [-0.1, -0.05) is 0 Å². The van der Waals surface area contributed by atoms with Gasteiger partial charge in [0.25, 0.3) is 0 Å². The number of sulfonamides is 1. The van der Waals surface area contributed by atoms with E-state index in [1.807, 2.05) is 0 Å². The summed E-state index contributed by atoms with van der Waals surface area (Å²) in [4.78, 5) is 11.3. The molecule has 0 aliphatic carbocycles. The van der Waals surface area contributed by atoms with Gasteiger partial charge < -0.3 is 9.84 Å². The van der Waals surface area contributed by atoms with Crippen LogP contribution >= 0.6 is 15.9 Å². The van der Waals surface area contributed by atoms with E-state index >= 15 is 0 Å². The van der Waals surface area contributed by atoms with Crippen LogP contribution in [-0.4, -0.2) is 43.5 Å². The standard InChI is InChI=1S/C14H18BrNO5S/c1-9-3-4-10(14(17)18)8-16(9)22(19,20)11-5-6-13(21-2)12(15)7-11/h5-7,9-10H,3-4,8H2,1-2H3,(H,17,18). The second-order valence-corrected chi connectivity index (χ2v) is 8.08. The quantitative estimate of drug-likeness (QED) is 0.851. The molecule has 0 radical (unpaired) electrons. The molecule has 0 spiro atoms. The first-order valence-electron chi connectivity index (χ1n) is 6.85. The first kappa shape index (κ1) is 17.2. The summed E-state index contributed by atoms with van der Waals surface area (Å²) in [7, 11) is -2.24. The summed E-state index contributed by atoms with van der Waals surface area (Å²) in [5, 5.41) is 9.15. The molecular weight excluding hydrogens is 374 g/mol. The molecule has 1 aliphatic rings. The number of aliphatic carboxylic acids is 1. The number of hydrogen-bond acceptors (Lipinski definition) is 4. The van der Waals surface area contributed by atoms with Gasteiger partial charge in [0, 0.05) is 12.6 Å². The van der Waals surface area contributed by atoms with Gasteiger partial charge in [-0.15, -0.1) is 0 Å². The van der Waals surface area contributed by atoms with E-state index in [0.29, 0.717) is 23.1 Å². The second kappa shape index (κ2) is 6.55. The van der Waals surface area contributed by atoms with E-state index in [1.165, 1.54) is 23.5 Å². The summed E-state index contributed by atoms with van der Waals surface area (Å²) in [6, 6.07) is 4.29. The molecule has 0 saturated carbocycles. The molecule has 2 unspecified atom stereocenters. The zero-order valence-electron chi connectivity index (χ0n) is 12.3. The third-order valence-corrected chi connectivity index (χ3v) is 6.50. The van der Waals surface area contributed by atoms with Gasteiger partial charge in [-0.3, -0.25) is 4.79 Å². The first-order chi connectivity index (χ1) is 10.3. The van der Waals surface area contributed by atoms with E-state index in [9.17, 15) is 13.2 Å². The van der Waals surface area contributed by atoms with Crippen LogP contribution in [0.25, 0.3) is 0 Å². The maximum Gasteiger partial charge on any atom is 0.307 e. The molecule has 1 heterocycles. The van der Waals surface area contributed by atoms with Crippen molar-refractivity contribution in [2.24, 2.45) is 5.92 Å². The molecule has 8 heteroatoms. The Labute approximate surface area is 138 Å². The van der Waals surface area contributed by atoms with Crippen molar-refractivity contribution in [3.63, 3.8) is 0 Å². The second-order valence-electron chi connectivity index (χ2n) is 5.33. The minimum atomic E-state index is -3.74. The van der Waals surface area contributed by atoms with Gasteiger partial charge in [0.2, 0.25) is 10.0 Å². The lowest BCUT2D eigenvalue weighted by Crippen LogP contribution is -2.47. The Hall–Kier alpha value is -1.12. The van der Waals surface area contributed by atoms with Gasteiger partial charge in [0.1, 0.15) is 5.75 Å². The van der Waals surface area contributed by atoms with Crippen molar-refractivity contribution in [2.75, 3.05) is 13.7 Å². The largest absolute Gasteiger partial charge is 0.496 e. The summed E-state index contributed by atoms with van der Waals surface area (Å²) < 4.78 is 32.5. The molecule has 0 aromatic heterocycles. The van der Waals surface area contributed by atoms with E-state index in [2.05, 4.69) is 15.9 Å². The van der Waals surface area contributed by atoms with Crippen LogP contribution in [0.5, 0.6) is 5.75 Å². The van der Waals surface area contributed by atoms with Crippen LogP contribution in [0.2, 0.25) is 0 Å². The zero-order chi connectivity index (χ0) is 16.5. The Bertz CT molecular complexity index is 676. The first-order valence-corrected chi connectivity index (χ1v) is 9.09. The number of hydrogen-bond donors (Lipinski definition) is 1. The molecule has 2 rings (SSSR count). The predicted molar refractivity (Wildman–Crippen MR) is 84.4 cm³/mol. The van der Waals surface area contributed by atoms with Crippen molar-refractivity contribution < 1.29 is 23.1 Å². The Morgan fingerprint density at radius 3 is 2.64 bits per heavy atom. The molecule has 1 fully saturated rings.